The van der Waals surface area contributed by atoms with Gasteiger partial charge < -0.3 is 9.80 Å². The van der Waals surface area contributed by atoms with Gasteiger partial charge in [0.15, 0.2) is 9.84 Å². The Morgan fingerprint density at radius 2 is 1.94 bits per heavy atom. The fourth-order valence-corrected chi connectivity index (χ4v) is 6.62. The quantitative estimate of drug-likeness (QED) is 0.577. The first-order valence-electron chi connectivity index (χ1n) is 11.4. The Balaban J connectivity index is 1.49. The van der Waals surface area contributed by atoms with Crippen LogP contribution in [0.25, 0.3) is 0 Å². The predicted octanol–water partition coefficient (Wildman–Crippen LogP) is 3.39. The second-order valence-electron chi connectivity index (χ2n) is 9.20. The number of carbonyl (C=O) groups excluding carboxylic acids is 2. The van der Waals surface area contributed by atoms with Crippen molar-refractivity contribution in [2.75, 3.05) is 24.6 Å². The van der Waals surface area contributed by atoms with E-state index in [9.17, 15) is 22.4 Å². The summed E-state index contributed by atoms with van der Waals surface area (Å²) in [6.07, 6.45) is 1.04. The van der Waals surface area contributed by atoms with Crippen LogP contribution >= 0.6 is 11.6 Å². The van der Waals surface area contributed by atoms with Gasteiger partial charge >= 0.3 is 0 Å². The van der Waals surface area contributed by atoms with E-state index in [0.717, 1.165) is 11.1 Å². The molecule has 4 rings (SSSR count). The van der Waals surface area contributed by atoms with Crippen LogP contribution in [0.15, 0.2) is 42.5 Å². The minimum atomic E-state index is -3.27. The Hall–Kier alpha value is -2.45. The van der Waals surface area contributed by atoms with Gasteiger partial charge in [-0.3, -0.25) is 9.59 Å². The molecule has 0 radical (unpaired) electrons. The van der Waals surface area contributed by atoms with Crippen LogP contribution in [0.4, 0.5) is 4.39 Å². The van der Waals surface area contributed by atoms with Crippen molar-refractivity contribution in [3.63, 3.8) is 0 Å². The number of hydrogen-bond acceptors (Lipinski definition) is 4. The summed E-state index contributed by atoms with van der Waals surface area (Å²) in [5.41, 5.74) is 2.43. The maximum atomic E-state index is 14.5. The zero-order chi connectivity index (χ0) is 24.5. The van der Waals surface area contributed by atoms with Crippen molar-refractivity contribution >= 4 is 33.3 Å². The molecule has 2 aromatic rings. The van der Waals surface area contributed by atoms with Gasteiger partial charge in [0.1, 0.15) is 5.82 Å². The van der Waals surface area contributed by atoms with Crippen LogP contribution in [0.2, 0.25) is 5.02 Å². The van der Waals surface area contributed by atoms with Crippen LogP contribution in [-0.4, -0.2) is 60.7 Å². The summed E-state index contributed by atoms with van der Waals surface area (Å²) in [6, 6.07) is 11.8. The Labute approximate surface area is 204 Å². The van der Waals surface area contributed by atoms with E-state index >= 15 is 0 Å². The third-order valence-corrected chi connectivity index (χ3v) is 8.78. The smallest absolute Gasteiger partial charge is 0.228 e. The Kier molecular flexibility index (Phi) is 7.28. The number of nitrogens with zero attached hydrogens (tertiary/aromatic N) is 2. The second kappa shape index (κ2) is 10.0. The molecule has 0 aliphatic carbocycles. The predicted molar refractivity (Wildman–Crippen MR) is 129 cm³/mol. The number of amides is 2. The van der Waals surface area contributed by atoms with Crippen LogP contribution < -0.4 is 0 Å². The van der Waals surface area contributed by atoms with Gasteiger partial charge in [-0.15, -0.1) is 0 Å². The van der Waals surface area contributed by atoms with Crippen molar-refractivity contribution < 1.29 is 22.4 Å². The molecule has 2 saturated heterocycles. The first kappa shape index (κ1) is 24.7. The fraction of sp³-hybridized carbons (Fsp3) is 0.440. The second-order valence-corrected chi connectivity index (χ2v) is 11.8. The third kappa shape index (κ3) is 5.61. The highest BCUT2D eigenvalue weighted by Gasteiger charge is 2.41. The van der Waals surface area contributed by atoms with Gasteiger partial charge in [-0.25, -0.2) is 12.8 Å². The summed E-state index contributed by atoms with van der Waals surface area (Å²) in [5.74, 6) is -1.75. The van der Waals surface area contributed by atoms with E-state index in [2.05, 4.69) is 0 Å². The van der Waals surface area contributed by atoms with Crippen LogP contribution in [0.3, 0.4) is 0 Å². The Morgan fingerprint density at radius 1 is 1.21 bits per heavy atom. The molecular formula is C25H28ClFN2O4S. The number of aryl methyl sites for hydroxylation is 1. The monoisotopic (exact) mass is 506 g/mol. The van der Waals surface area contributed by atoms with Crippen LogP contribution in [0.1, 0.15) is 29.5 Å². The zero-order valence-corrected chi connectivity index (χ0v) is 20.6. The largest absolute Gasteiger partial charge is 0.342 e. The molecule has 2 atom stereocenters. The molecule has 34 heavy (non-hydrogen) atoms. The molecular weight excluding hydrogens is 479 g/mol. The van der Waals surface area contributed by atoms with Crippen molar-refractivity contribution in [3.8, 4) is 0 Å². The van der Waals surface area contributed by atoms with Crippen molar-refractivity contribution in [2.45, 2.75) is 38.8 Å². The molecule has 2 amide bonds. The maximum Gasteiger partial charge on any atom is 0.228 e. The molecule has 2 aromatic carbocycles. The molecule has 2 fully saturated rings. The highest BCUT2D eigenvalue weighted by atomic mass is 35.5. The van der Waals surface area contributed by atoms with E-state index in [-0.39, 0.29) is 59.8 Å². The highest BCUT2D eigenvalue weighted by Crippen LogP contribution is 2.29. The molecule has 2 heterocycles. The lowest BCUT2D eigenvalue weighted by Crippen LogP contribution is -2.44. The van der Waals surface area contributed by atoms with E-state index in [1.807, 2.05) is 31.2 Å². The molecule has 0 spiro atoms. The minimum Gasteiger partial charge on any atom is -0.342 e. The van der Waals surface area contributed by atoms with Crippen molar-refractivity contribution in [3.05, 3.63) is 70.0 Å². The molecule has 0 saturated carbocycles. The van der Waals surface area contributed by atoms with Crippen molar-refractivity contribution in [1.29, 1.82) is 0 Å². The lowest BCUT2D eigenvalue weighted by Gasteiger charge is -2.31. The van der Waals surface area contributed by atoms with Crippen LogP contribution in [0.5, 0.6) is 0 Å². The standard InChI is InChI=1S/C25H28ClFN2O4S/c1-17-5-7-18(8-6-17)9-11-28-14-19(13-24(28)30)25(31)29(20-10-12-34(32,33)16-20)15-21-22(26)3-2-4-23(21)27/h2-8,19-20H,9-16H2,1H3. The third-order valence-electron chi connectivity index (χ3n) is 6.68. The first-order valence-corrected chi connectivity index (χ1v) is 13.6. The van der Waals surface area contributed by atoms with Gasteiger partial charge in [0.05, 0.1) is 24.0 Å². The fourth-order valence-electron chi connectivity index (χ4n) is 4.67. The normalized spacial score (nSPS) is 21.7. The number of carbonyl (C=O) groups is 2. The molecule has 2 aliphatic rings. The van der Waals surface area contributed by atoms with E-state index in [1.165, 1.54) is 17.0 Å². The number of halogens is 2. The summed E-state index contributed by atoms with van der Waals surface area (Å²) in [6.45, 7) is 2.66. The molecule has 0 N–H and O–H groups in total. The van der Waals surface area contributed by atoms with E-state index in [1.54, 1.807) is 11.0 Å². The van der Waals surface area contributed by atoms with Crippen molar-refractivity contribution in [1.82, 2.24) is 9.80 Å². The number of likely N-dealkylation sites (tertiary alicyclic amines) is 1. The Bertz CT molecular complexity index is 1170. The summed E-state index contributed by atoms with van der Waals surface area (Å²) in [4.78, 5) is 29.3. The number of benzene rings is 2. The van der Waals surface area contributed by atoms with Crippen LogP contribution in [-0.2, 0) is 32.4 Å². The number of rotatable bonds is 7. The van der Waals surface area contributed by atoms with E-state index in [4.69, 9.17) is 11.6 Å². The lowest BCUT2D eigenvalue weighted by molar-refractivity contribution is -0.138. The van der Waals surface area contributed by atoms with Crippen molar-refractivity contribution in [2.24, 2.45) is 5.92 Å². The van der Waals surface area contributed by atoms with Gasteiger partial charge in [0.2, 0.25) is 11.8 Å². The summed E-state index contributed by atoms with van der Waals surface area (Å²) >= 11 is 6.20. The molecule has 182 valence electrons. The molecule has 6 nitrogen and oxygen atoms in total. The molecule has 0 aromatic heterocycles. The first-order chi connectivity index (χ1) is 16.1. The highest BCUT2D eigenvalue weighted by molar-refractivity contribution is 7.91. The summed E-state index contributed by atoms with van der Waals surface area (Å²) < 4.78 is 38.7. The maximum absolute atomic E-state index is 14.5. The Morgan fingerprint density at radius 3 is 2.59 bits per heavy atom. The minimum absolute atomic E-state index is 0.0152. The van der Waals surface area contributed by atoms with E-state index in [0.29, 0.717) is 13.0 Å². The van der Waals surface area contributed by atoms with E-state index < -0.39 is 27.6 Å². The number of sulfone groups is 1. The average Bonchev–Trinajstić information content (AvgIpc) is 3.34. The van der Waals surface area contributed by atoms with Gasteiger partial charge in [-0.2, -0.15) is 0 Å². The van der Waals surface area contributed by atoms with Gasteiger partial charge in [0, 0.05) is 36.1 Å². The van der Waals surface area contributed by atoms with Gasteiger partial charge in [-0.1, -0.05) is 47.5 Å². The zero-order valence-electron chi connectivity index (χ0n) is 19.0. The number of hydrogen-bond donors (Lipinski definition) is 0. The lowest BCUT2D eigenvalue weighted by atomic mass is 10.0. The molecule has 2 aliphatic heterocycles. The van der Waals surface area contributed by atoms with Gasteiger partial charge in [-0.05, 0) is 37.5 Å². The summed E-state index contributed by atoms with van der Waals surface area (Å²) in [7, 11) is -3.27. The van der Waals surface area contributed by atoms with Gasteiger partial charge in [0.25, 0.3) is 0 Å². The average molecular weight is 507 g/mol. The molecule has 2 unspecified atom stereocenters. The molecule has 0 bridgehead atoms. The van der Waals surface area contributed by atoms with Crippen LogP contribution in [0, 0.1) is 18.7 Å². The molecule has 9 heteroatoms. The summed E-state index contributed by atoms with van der Waals surface area (Å²) in [5, 5.41) is 0.181. The topological polar surface area (TPSA) is 74.8 Å². The SMILES string of the molecule is Cc1ccc(CCN2CC(C(=O)N(Cc3c(F)cccc3Cl)C3CCS(=O)(=O)C3)CC2=O)cc1.